The Kier molecular flexibility index (Phi) is 3.68. The lowest BCUT2D eigenvalue weighted by Gasteiger charge is -2.30. The second-order valence-electron chi connectivity index (χ2n) is 4.55. The van der Waals surface area contributed by atoms with E-state index < -0.39 is 10.0 Å². The molecule has 18 heavy (non-hydrogen) atoms. The average molecular weight is 293 g/mol. The summed E-state index contributed by atoms with van der Waals surface area (Å²) in [5.41, 5.74) is 0.439. The summed E-state index contributed by atoms with van der Waals surface area (Å²) in [7, 11) is -1.92. The van der Waals surface area contributed by atoms with Gasteiger partial charge in [0.05, 0.1) is 5.69 Å². The molecule has 2 rings (SSSR count). The molecule has 8 heteroatoms. The first-order valence-electron chi connectivity index (χ1n) is 5.76. The highest BCUT2D eigenvalue weighted by Gasteiger charge is 2.33. The summed E-state index contributed by atoms with van der Waals surface area (Å²) in [5.74, 6) is 0. The Hall–Kier alpha value is -0.630. The molecule has 0 bridgehead atoms. The van der Waals surface area contributed by atoms with E-state index in [1.807, 2.05) is 6.92 Å². The van der Waals surface area contributed by atoms with E-state index in [0.717, 1.165) is 0 Å². The number of aryl methyl sites for hydroxylation is 2. The van der Waals surface area contributed by atoms with Gasteiger partial charge in [0.1, 0.15) is 10.0 Å². The fraction of sp³-hybridized carbons (Fsp3) is 0.700. The highest BCUT2D eigenvalue weighted by Crippen LogP contribution is 2.27. The second kappa shape index (κ2) is 4.80. The molecule has 1 aliphatic heterocycles. The van der Waals surface area contributed by atoms with E-state index >= 15 is 0 Å². The third-order valence-corrected chi connectivity index (χ3v) is 5.59. The van der Waals surface area contributed by atoms with E-state index in [9.17, 15) is 8.42 Å². The van der Waals surface area contributed by atoms with Gasteiger partial charge < -0.3 is 5.32 Å². The van der Waals surface area contributed by atoms with E-state index in [-0.39, 0.29) is 16.1 Å². The van der Waals surface area contributed by atoms with E-state index in [2.05, 4.69) is 10.4 Å². The molecule has 0 radical (unpaired) electrons. The van der Waals surface area contributed by atoms with Gasteiger partial charge in [0.2, 0.25) is 10.0 Å². The average Bonchev–Trinajstić information content (AvgIpc) is 2.53. The van der Waals surface area contributed by atoms with Crippen LogP contribution in [0.1, 0.15) is 12.6 Å². The van der Waals surface area contributed by atoms with Crippen molar-refractivity contribution >= 4 is 21.6 Å². The van der Waals surface area contributed by atoms with Crippen molar-refractivity contribution < 1.29 is 8.42 Å². The molecule has 2 heterocycles. The number of sulfonamides is 1. The molecular formula is C10H17ClN4O2S. The van der Waals surface area contributed by atoms with Gasteiger partial charge in [-0.2, -0.15) is 9.40 Å². The summed E-state index contributed by atoms with van der Waals surface area (Å²) in [6, 6.07) is 0.143. The quantitative estimate of drug-likeness (QED) is 0.855. The lowest BCUT2D eigenvalue weighted by molar-refractivity contribution is 0.310. The molecule has 0 aromatic carbocycles. The fourth-order valence-corrected chi connectivity index (χ4v) is 4.38. The number of aromatic nitrogens is 2. The van der Waals surface area contributed by atoms with E-state index in [1.54, 1.807) is 14.0 Å². The van der Waals surface area contributed by atoms with Crippen LogP contribution in [0.25, 0.3) is 0 Å². The first kappa shape index (κ1) is 13.8. The molecule has 1 saturated heterocycles. The molecule has 0 amide bonds. The maximum absolute atomic E-state index is 12.5. The van der Waals surface area contributed by atoms with E-state index in [4.69, 9.17) is 11.6 Å². The molecule has 1 atom stereocenters. The van der Waals surface area contributed by atoms with Gasteiger partial charge in [0.15, 0.2) is 0 Å². The van der Waals surface area contributed by atoms with Crippen LogP contribution in [-0.4, -0.2) is 48.2 Å². The Labute approximate surface area is 112 Å². The van der Waals surface area contributed by atoms with Crippen LogP contribution in [0.4, 0.5) is 0 Å². The zero-order valence-corrected chi connectivity index (χ0v) is 12.2. The minimum atomic E-state index is -3.56. The van der Waals surface area contributed by atoms with Gasteiger partial charge in [-0.25, -0.2) is 8.42 Å². The van der Waals surface area contributed by atoms with Crippen LogP contribution < -0.4 is 5.32 Å². The summed E-state index contributed by atoms with van der Waals surface area (Å²) in [6.45, 7) is 5.17. The van der Waals surface area contributed by atoms with Gasteiger partial charge in [-0.05, 0) is 13.8 Å². The molecule has 0 unspecified atom stereocenters. The molecule has 0 saturated carbocycles. The maximum Gasteiger partial charge on any atom is 0.248 e. The molecule has 1 N–H and O–H groups in total. The maximum atomic E-state index is 12.5. The number of nitrogens with one attached hydrogen (secondary N) is 1. The van der Waals surface area contributed by atoms with Crippen molar-refractivity contribution in [3.8, 4) is 0 Å². The van der Waals surface area contributed by atoms with Crippen LogP contribution in [0.3, 0.4) is 0 Å². The molecule has 6 nitrogen and oxygen atoms in total. The highest BCUT2D eigenvalue weighted by molar-refractivity contribution is 7.89. The first-order valence-corrected chi connectivity index (χ1v) is 7.58. The van der Waals surface area contributed by atoms with Crippen LogP contribution in [-0.2, 0) is 17.1 Å². The summed E-state index contributed by atoms with van der Waals surface area (Å²) in [4.78, 5) is 0.126. The van der Waals surface area contributed by atoms with Gasteiger partial charge in [0.25, 0.3) is 0 Å². The molecule has 1 aromatic rings. The topological polar surface area (TPSA) is 67.2 Å². The Morgan fingerprint density at radius 1 is 1.50 bits per heavy atom. The third kappa shape index (κ3) is 2.27. The molecule has 1 aliphatic rings. The van der Waals surface area contributed by atoms with Crippen molar-refractivity contribution in [2.75, 3.05) is 19.6 Å². The number of piperazine rings is 1. The predicted molar refractivity (Wildman–Crippen MR) is 69.2 cm³/mol. The van der Waals surface area contributed by atoms with Crippen LogP contribution in [0.5, 0.6) is 0 Å². The minimum absolute atomic E-state index is 0.126. The molecule has 0 spiro atoms. The summed E-state index contributed by atoms with van der Waals surface area (Å²) >= 11 is 6.03. The monoisotopic (exact) mass is 292 g/mol. The van der Waals surface area contributed by atoms with Gasteiger partial charge >= 0.3 is 0 Å². The third-order valence-electron chi connectivity index (χ3n) is 3.03. The summed E-state index contributed by atoms with van der Waals surface area (Å²) in [5, 5.41) is 7.43. The van der Waals surface area contributed by atoms with Gasteiger partial charge in [-0.15, -0.1) is 0 Å². The fourth-order valence-electron chi connectivity index (χ4n) is 2.15. The zero-order valence-electron chi connectivity index (χ0n) is 10.6. The number of rotatable bonds is 2. The van der Waals surface area contributed by atoms with Crippen molar-refractivity contribution in [3.05, 3.63) is 10.8 Å². The molecular weight excluding hydrogens is 276 g/mol. The zero-order chi connectivity index (χ0) is 13.5. The Balaban J connectivity index is 2.42. The Bertz CT molecular complexity index is 554. The minimum Gasteiger partial charge on any atom is -0.312 e. The molecule has 102 valence electrons. The van der Waals surface area contributed by atoms with E-state index in [1.165, 1.54) is 8.99 Å². The standard InChI is InChI=1S/C10H17ClN4O2S/c1-7-6-15(5-4-12-7)18(16,17)9-8(2)13-14(3)10(9)11/h7,12H,4-6H2,1-3H3/t7-/m0/s1. The van der Waals surface area contributed by atoms with Crippen LogP contribution in [0.15, 0.2) is 4.90 Å². The normalized spacial score (nSPS) is 22.3. The van der Waals surface area contributed by atoms with Crippen molar-refractivity contribution in [2.45, 2.75) is 24.8 Å². The van der Waals surface area contributed by atoms with Gasteiger partial charge in [0, 0.05) is 32.7 Å². The molecule has 1 aromatic heterocycles. The van der Waals surface area contributed by atoms with Crippen LogP contribution >= 0.6 is 11.6 Å². The summed E-state index contributed by atoms with van der Waals surface area (Å²) < 4.78 is 27.9. The number of hydrogen-bond acceptors (Lipinski definition) is 4. The second-order valence-corrected chi connectivity index (χ2v) is 6.78. The lowest BCUT2D eigenvalue weighted by Crippen LogP contribution is -2.51. The smallest absolute Gasteiger partial charge is 0.248 e. The first-order chi connectivity index (χ1) is 8.34. The van der Waals surface area contributed by atoms with E-state index in [0.29, 0.717) is 25.3 Å². The highest BCUT2D eigenvalue weighted by atomic mass is 35.5. The van der Waals surface area contributed by atoms with Crippen LogP contribution in [0, 0.1) is 6.92 Å². The largest absolute Gasteiger partial charge is 0.312 e. The Morgan fingerprint density at radius 2 is 2.17 bits per heavy atom. The molecule has 0 aliphatic carbocycles. The molecule has 1 fully saturated rings. The Morgan fingerprint density at radius 3 is 2.67 bits per heavy atom. The number of hydrogen-bond donors (Lipinski definition) is 1. The van der Waals surface area contributed by atoms with Crippen molar-refractivity contribution in [3.63, 3.8) is 0 Å². The lowest BCUT2D eigenvalue weighted by atomic mass is 10.3. The number of halogens is 1. The van der Waals surface area contributed by atoms with Crippen molar-refractivity contribution in [2.24, 2.45) is 7.05 Å². The van der Waals surface area contributed by atoms with Crippen molar-refractivity contribution in [1.29, 1.82) is 0 Å². The summed E-state index contributed by atoms with van der Waals surface area (Å²) in [6.07, 6.45) is 0. The van der Waals surface area contributed by atoms with Gasteiger partial charge in [-0.1, -0.05) is 11.6 Å². The van der Waals surface area contributed by atoms with Gasteiger partial charge in [-0.3, -0.25) is 4.68 Å². The SMILES string of the molecule is Cc1nn(C)c(Cl)c1S(=O)(=O)N1CCN[C@@H](C)C1. The predicted octanol–water partition coefficient (Wildman–Crippen LogP) is 0.364. The van der Waals surface area contributed by atoms with Crippen molar-refractivity contribution in [1.82, 2.24) is 19.4 Å². The van der Waals surface area contributed by atoms with Crippen LogP contribution in [0.2, 0.25) is 5.15 Å². The number of nitrogens with zero attached hydrogens (tertiary/aromatic N) is 3.